The third-order valence-electron chi connectivity index (χ3n) is 4.35. The van der Waals surface area contributed by atoms with E-state index in [2.05, 4.69) is 31.7 Å². The van der Waals surface area contributed by atoms with Crippen molar-refractivity contribution in [2.45, 2.75) is 10.8 Å². The van der Waals surface area contributed by atoms with Gasteiger partial charge in [0.05, 0.1) is 16.8 Å². The first kappa shape index (κ1) is 34.7. The van der Waals surface area contributed by atoms with E-state index >= 15 is 0 Å². The molecule has 0 unspecified atom stereocenters. The van der Waals surface area contributed by atoms with E-state index in [-0.39, 0.29) is 59.6 Å². The largest absolute Gasteiger partial charge is 0.673 e. The number of aromatic nitrogens is 5. The Hall–Kier alpha value is -2.32. The van der Waals surface area contributed by atoms with Crippen LogP contribution in [-0.4, -0.2) is 83.0 Å². The molecule has 0 saturated carbocycles. The van der Waals surface area contributed by atoms with E-state index in [9.17, 15) is 17.2 Å². The number of para-hydroxylation sites is 1. The molecule has 18 heteroatoms. The SMILES string of the molecule is CN(C)CC(F)(F)C[NH-].Nc1nc2c(-c3cc[c-]c(S(N)(=O)=O)c3-c3nn[nH]n3)cccc2s1.O.O.[Sc]. The number of tetrazole rings is 1. The number of primary sulfonamides is 1. The van der Waals surface area contributed by atoms with Crippen molar-refractivity contribution in [2.24, 2.45) is 5.14 Å². The molecule has 2 aromatic carbocycles. The van der Waals surface area contributed by atoms with E-state index in [0.717, 1.165) is 4.70 Å². The van der Waals surface area contributed by atoms with Gasteiger partial charge in [-0.3, -0.25) is 0 Å². The van der Waals surface area contributed by atoms with E-state index < -0.39 is 22.5 Å². The molecule has 0 aliphatic carbocycles. The van der Waals surface area contributed by atoms with Crippen molar-refractivity contribution in [3.8, 4) is 22.5 Å². The Morgan fingerprint density at radius 3 is 2.41 bits per heavy atom. The Labute approximate surface area is 233 Å². The summed E-state index contributed by atoms with van der Waals surface area (Å²) in [7, 11) is -0.940. The van der Waals surface area contributed by atoms with Gasteiger partial charge in [0, 0.05) is 25.8 Å². The van der Waals surface area contributed by atoms with Gasteiger partial charge in [-0.15, -0.1) is 15.8 Å². The average molecular weight is 591 g/mol. The predicted molar refractivity (Wildman–Crippen MR) is 133 cm³/mol. The summed E-state index contributed by atoms with van der Waals surface area (Å²) in [6.45, 7) is -1.16. The van der Waals surface area contributed by atoms with Crippen LogP contribution in [0.2, 0.25) is 0 Å². The minimum absolute atomic E-state index is 0. The number of hydrogen-bond donors (Lipinski definition) is 3. The van der Waals surface area contributed by atoms with Crippen LogP contribution in [-0.2, 0) is 35.9 Å². The molecule has 4 aromatic rings. The maximum Gasteiger partial charge on any atom is 0.242 e. The maximum atomic E-state index is 12.2. The molecule has 4 rings (SSSR count). The monoisotopic (exact) mass is 590 g/mol. The number of H-pyrrole nitrogens is 1. The Bertz CT molecular complexity index is 1390. The number of nitrogen functional groups attached to an aromatic ring is 1. The molecule has 0 spiro atoms. The number of anilines is 1. The number of halogens is 2. The van der Waals surface area contributed by atoms with Gasteiger partial charge in [0.1, 0.15) is 0 Å². The molecule has 13 nitrogen and oxygen atoms in total. The van der Waals surface area contributed by atoms with Gasteiger partial charge in [-0.05, 0) is 30.6 Å². The van der Waals surface area contributed by atoms with Crippen molar-refractivity contribution >= 4 is 36.7 Å². The van der Waals surface area contributed by atoms with Crippen LogP contribution in [0.5, 0.6) is 0 Å². The smallest absolute Gasteiger partial charge is 0.242 e. The topological polar surface area (TPSA) is 244 Å². The zero-order valence-corrected chi connectivity index (χ0v) is 23.1. The van der Waals surface area contributed by atoms with Crippen LogP contribution in [0.15, 0.2) is 35.2 Å². The second-order valence-corrected chi connectivity index (χ2v) is 9.91. The summed E-state index contributed by atoms with van der Waals surface area (Å²) in [5.41, 5.74) is 14.3. The molecule has 2 aromatic heterocycles. The normalized spacial score (nSPS) is 11.1. The summed E-state index contributed by atoms with van der Waals surface area (Å²) in [4.78, 5) is 5.50. The van der Waals surface area contributed by atoms with E-state index in [1.54, 1.807) is 20.2 Å². The van der Waals surface area contributed by atoms with Gasteiger partial charge in [-0.1, -0.05) is 40.8 Å². The Morgan fingerprint density at radius 1 is 1.22 bits per heavy atom. The molecule has 0 fully saturated rings. The van der Waals surface area contributed by atoms with Crippen molar-refractivity contribution in [3.05, 3.63) is 42.1 Å². The number of aromatic amines is 1. The number of rotatable bonds is 6. The summed E-state index contributed by atoms with van der Waals surface area (Å²) in [5, 5.41) is 19.4. The second-order valence-electron chi connectivity index (χ2n) is 7.35. The fraction of sp³-hybridized carbons (Fsp3) is 0.263. The quantitative estimate of drug-likeness (QED) is 0.270. The molecule has 201 valence electrons. The van der Waals surface area contributed by atoms with Crippen LogP contribution in [0.3, 0.4) is 0 Å². The summed E-state index contributed by atoms with van der Waals surface area (Å²) >= 11 is 1.34. The molecule has 10 N–H and O–H groups in total. The van der Waals surface area contributed by atoms with Gasteiger partial charge in [-0.25, -0.2) is 27.3 Å². The van der Waals surface area contributed by atoms with Crippen molar-refractivity contribution < 1.29 is 54.0 Å². The minimum Gasteiger partial charge on any atom is -0.673 e. The standard InChI is InChI=1S/C14H10N7O2S2.C5H11F2N2.2H2O.Sc/c15-14-17-12-8(4-1-5-9(12)24-14)7-3-2-6-10(25(16,22)23)11(7)13-18-20-21-19-13;1-9(2)4-5(6,7)3-8;;;/h1-5H,(H2,15,17)(H2,16,22,23)(H,18,19,20,21);8H,3-4H2,1-2H3;2*1H2;/q2*-1;;;. The van der Waals surface area contributed by atoms with Crippen molar-refractivity contribution in [1.82, 2.24) is 30.5 Å². The number of nitrogens with zero attached hydrogens (tertiary/aromatic N) is 5. The van der Waals surface area contributed by atoms with Crippen LogP contribution < -0.4 is 10.9 Å². The molecule has 0 aliphatic rings. The number of hydrogen-bond acceptors (Lipinski definition) is 9. The Balaban J connectivity index is 0.000000943. The van der Waals surface area contributed by atoms with E-state index in [0.29, 0.717) is 21.8 Å². The fourth-order valence-electron chi connectivity index (χ4n) is 3.12. The van der Waals surface area contributed by atoms with Crippen LogP contribution in [0.1, 0.15) is 0 Å². The third kappa shape index (κ3) is 8.60. The Morgan fingerprint density at radius 2 is 1.89 bits per heavy atom. The summed E-state index contributed by atoms with van der Waals surface area (Å²) in [6.07, 6.45) is 0. The molecule has 1 radical (unpaired) electrons. The number of nitrogens with one attached hydrogen (secondary N) is 2. The van der Waals surface area contributed by atoms with Gasteiger partial charge in [0.2, 0.25) is 15.9 Å². The van der Waals surface area contributed by atoms with Crippen molar-refractivity contribution in [3.63, 3.8) is 0 Å². The first-order valence-electron chi connectivity index (χ1n) is 9.57. The number of fused-ring (bicyclic) bond motifs is 1. The van der Waals surface area contributed by atoms with Gasteiger partial charge in [-0.2, -0.15) is 23.4 Å². The first-order chi connectivity index (χ1) is 15.9. The summed E-state index contributed by atoms with van der Waals surface area (Å²) < 4.78 is 49.3. The molecular formula is C19H25F2N9O4S2Sc-2. The summed E-state index contributed by atoms with van der Waals surface area (Å²) in [5.74, 6) is -2.75. The molecule has 0 aliphatic heterocycles. The number of sulfonamides is 1. The fourth-order valence-corrected chi connectivity index (χ4v) is 4.60. The van der Waals surface area contributed by atoms with Gasteiger partial charge >= 0.3 is 0 Å². The molecule has 0 saturated heterocycles. The number of thiazole rings is 1. The average Bonchev–Trinajstić information content (AvgIpc) is 3.41. The zero-order valence-electron chi connectivity index (χ0n) is 19.7. The van der Waals surface area contributed by atoms with E-state index in [1.807, 2.05) is 18.2 Å². The van der Waals surface area contributed by atoms with E-state index in [4.69, 9.17) is 16.6 Å². The van der Waals surface area contributed by atoms with Gasteiger partial charge in [0.25, 0.3) is 0 Å². The van der Waals surface area contributed by atoms with Crippen LogP contribution in [0.4, 0.5) is 13.9 Å². The zero-order chi connectivity index (χ0) is 25.1. The first-order valence-corrected chi connectivity index (χ1v) is 11.9. The second kappa shape index (κ2) is 14.0. The number of benzene rings is 2. The van der Waals surface area contributed by atoms with Crippen LogP contribution >= 0.6 is 11.3 Å². The molecule has 37 heavy (non-hydrogen) atoms. The molecule has 0 bridgehead atoms. The third-order valence-corrected chi connectivity index (χ3v) is 6.09. The van der Waals surface area contributed by atoms with Gasteiger partial charge in [0.15, 0.2) is 11.0 Å². The van der Waals surface area contributed by atoms with Gasteiger partial charge < -0.3 is 27.3 Å². The molecule has 0 amide bonds. The number of nitrogens with two attached hydrogens (primary N) is 2. The molecule has 2 heterocycles. The van der Waals surface area contributed by atoms with Crippen LogP contribution in [0, 0.1) is 6.07 Å². The minimum atomic E-state index is -4.06. The molecular weight excluding hydrogens is 565 g/mol. The summed E-state index contributed by atoms with van der Waals surface area (Å²) in [6, 6.07) is 11.4. The maximum absolute atomic E-state index is 12.2. The Kier molecular flexibility index (Phi) is 13.1. The van der Waals surface area contributed by atoms with E-state index in [1.165, 1.54) is 22.3 Å². The molecule has 0 atom stereocenters. The number of alkyl halides is 2. The van der Waals surface area contributed by atoms with Crippen molar-refractivity contribution in [1.29, 1.82) is 0 Å². The van der Waals surface area contributed by atoms with Crippen molar-refractivity contribution in [2.75, 3.05) is 32.9 Å². The van der Waals surface area contributed by atoms with Crippen LogP contribution in [0.25, 0.3) is 38.5 Å². The predicted octanol–water partition coefficient (Wildman–Crippen LogP) is 0.757.